The summed E-state index contributed by atoms with van der Waals surface area (Å²) < 4.78 is 11.1. The highest BCUT2D eigenvalue weighted by Gasteiger charge is 2.58. The predicted molar refractivity (Wildman–Crippen MR) is 75.2 cm³/mol. The lowest BCUT2D eigenvalue weighted by atomic mass is 9.57. The molecular formula is C16H23NO2. The maximum atomic E-state index is 5.83. The van der Waals surface area contributed by atoms with Gasteiger partial charge in [-0.3, -0.25) is 0 Å². The van der Waals surface area contributed by atoms with Crippen molar-refractivity contribution in [3.63, 3.8) is 0 Å². The van der Waals surface area contributed by atoms with Gasteiger partial charge in [-0.05, 0) is 24.1 Å². The summed E-state index contributed by atoms with van der Waals surface area (Å²) in [6.07, 6.45) is 1.65. The van der Waals surface area contributed by atoms with Crippen LogP contribution in [0, 0.1) is 11.3 Å². The van der Waals surface area contributed by atoms with E-state index in [1.54, 1.807) is 7.11 Å². The molecule has 2 aliphatic rings. The minimum atomic E-state index is 0.250. The number of fused-ring (bicyclic) bond motifs is 1. The number of methoxy groups -OCH3 is 1. The van der Waals surface area contributed by atoms with Crippen LogP contribution in [0.3, 0.4) is 0 Å². The Morgan fingerprint density at radius 2 is 2.26 bits per heavy atom. The minimum Gasteiger partial charge on any atom is -0.497 e. The summed E-state index contributed by atoms with van der Waals surface area (Å²) in [5.41, 5.74) is 1.53. The molecule has 1 saturated heterocycles. The van der Waals surface area contributed by atoms with Crippen LogP contribution >= 0.6 is 0 Å². The summed E-state index contributed by atoms with van der Waals surface area (Å²) >= 11 is 0. The molecule has 3 rings (SSSR count). The zero-order valence-electron chi connectivity index (χ0n) is 12.0. The standard InChI is InChI=1S/C16H23NO2/c1-16(2)14(13-7-8-19-15(13)16)17-10-11-5-4-6-12(9-11)18-3/h4-6,9,13-15,17H,7-8,10H2,1-3H3. The van der Waals surface area contributed by atoms with Gasteiger partial charge in [0.2, 0.25) is 0 Å². The van der Waals surface area contributed by atoms with E-state index in [4.69, 9.17) is 9.47 Å². The zero-order chi connectivity index (χ0) is 13.5. The van der Waals surface area contributed by atoms with Gasteiger partial charge in [-0.2, -0.15) is 0 Å². The van der Waals surface area contributed by atoms with Gasteiger partial charge in [-0.15, -0.1) is 0 Å². The number of rotatable bonds is 4. The molecule has 3 heteroatoms. The average Bonchev–Trinajstić information content (AvgIpc) is 2.86. The van der Waals surface area contributed by atoms with Crippen LogP contribution in [0.15, 0.2) is 24.3 Å². The van der Waals surface area contributed by atoms with E-state index in [0.29, 0.717) is 18.1 Å². The largest absolute Gasteiger partial charge is 0.497 e. The van der Waals surface area contributed by atoms with Crippen LogP contribution in [0.5, 0.6) is 5.75 Å². The van der Waals surface area contributed by atoms with Gasteiger partial charge < -0.3 is 14.8 Å². The molecule has 0 aromatic heterocycles. The molecule has 104 valence electrons. The second kappa shape index (κ2) is 4.80. The molecule has 1 aliphatic carbocycles. The number of hydrogen-bond acceptors (Lipinski definition) is 3. The summed E-state index contributed by atoms with van der Waals surface area (Å²) in [6, 6.07) is 8.83. The highest BCUT2D eigenvalue weighted by atomic mass is 16.5. The topological polar surface area (TPSA) is 30.5 Å². The SMILES string of the molecule is COc1cccc(CNC2C3CCOC3C2(C)C)c1. The molecule has 0 amide bonds. The van der Waals surface area contributed by atoms with Crippen molar-refractivity contribution in [1.29, 1.82) is 0 Å². The lowest BCUT2D eigenvalue weighted by molar-refractivity contribution is -0.113. The van der Waals surface area contributed by atoms with Gasteiger partial charge in [0.1, 0.15) is 5.75 Å². The van der Waals surface area contributed by atoms with Crippen LogP contribution in [-0.2, 0) is 11.3 Å². The number of ether oxygens (including phenoxy) is 2. The third-order valence-corrected chi connectivity index (χ3v) is 4.76. The molecule has 0 spiro atoms. The summed E-state index contributed by atoms with van der Waals surface area (Å²) in [4.78, 5) is 0. The van der Waals surface area contributed by atoms with E-state index in [1.807, 2.05) is 12.1 Å². The fourth-order valence-electron chi connectivity index (χ4n) is 3.75. The molecule has 0 radical (unpaired) electrons. The van der Waals surface area contributed by atoms with Crippen LogP contribution in [0.25, 0.3) is 0 Å². The van der Waals surface area contributed by atoms with Gasteiger partial charge >= 0.3 is 0 Å². The van der Waals surface area contributed by atoms with E-state index in [2.05, 4.69) is 31.3 Å². The van der Waals surface area contributed by atoms with Gasteiger partial charge in [0, 0.05) is 30.5 Å². The fourth-order valence-corrected chi connectivity index (χ4v) is 3.75. The molecule has 3 unspecified atom stereocenters. The maximum Gasteiger partial charge on any atom is 0.119 e. The first-order valence-corrected chi connectivity index (χ1v) is 7.11. The van der Waals surface area contributed by atoms with Gasteiger partial charge in [0.25, 0.3) is 0 Å². The molecule has 2 fully saturated rings. The van der Waals surface area contributed by atoms with E-state index in [9.17, 15) is 0 Å². The summed E-state index contributed by atoms with van der Waals surface area (Å²) in [7, 11) is 1.71. The van der Waals surface area contributed by atoms with Crippen molar-refractivity contribution in [2.75, 3.05) is 13.7 Å². The third-order valence-electron chi connectivity index (χ3n) is 4.76. The van der Waals surface area contributed by atoms with Crippen LogP contribution in [0.1, 0.15) is 25.8 Å². The Kier molecular flexibility index (Phi) is 3.27. The van der Waals surface area contributed by atoms with Crippen molar-refractivity contribution < 1.29 is 9.47 Å². The van der Waals surface area contributed by atoms with E-state index in [-0.39, 0.29) is 5.41 Å². The molecule has 1 aromatic rings. The minimum absolute atomic E-state index is 0.250. The van der Waals surface area contributed by atoms with Crippen LogP contribution < -0.4 is 10.1 Å². The van der Waals surface area contributed by atoms with Crippen molar-refractivity contribution in [2.24, 2.45) is 11.3 Å². The first-order valence-electron chi connectivity index (χ1n) is 7.11. The molecule has 1 aliphatic heterocycles. The van der Waals surface area contributed by atoms with Crippen molar-refractivity contribution in [3.8, 4) is 5.75 Å². The summed E-state index contributed by atoms with van der Waals surface area (Å²) in [6.45, 7) is 6.44. The van der Waals surface area contributed by atoms with Gasteiger partial charge in [-0.1, -0.05) is 26.0 Å². The molecule has 0 bridgehead atoms. The van der Waals surface area contributed by atoms with Crippen LogP contribution in [0.4, 0.5) is 0 Å². The lowest BCUT2D eigenvalue weighted by Crippen LogP contribution is -2.65. The maximum absolute atomic E-state index is 5.83. The van der Waals surface area contributed by atoms with E-state index >= 15 is 0 Å². The van der Waals surface area contributed by atoms with Crippen molar-refractivity contribution in [1.82, 2.24) is 5.32 Å². The van der Waals surface area contributed by atoms with E-state index in [0.717, 1.165) is 18.9 Å². The first-order chi connectivity index (χ1) is 9.13. The summed E-state index contributed by atoms with van der Waals surface area (Å²) in [5, 5.41) is 3.71. The van der Waals surface area contributed by atoms with E-state index < -0.39 is 0 Å². The zero-order valence-corrected chi connectivity index (χ0v) is 12.0. The second-order valence-electron chi connectivity index (χ2n) is 6.28. The first kappa shape index (κ1) is 12.9. The van der Waals surface area contributed by atoms with Crippen molar-refractivity contribution >= 4 is 0 Å². The Morgan fingerprint density at radius 3 is 3.05 bits per heavy atom. The van der Waals surface area contributed by atoms with E-state index in [1.165, 1.54) is 12.0 Å². The summed E-state index contributed by atoms with van der Waals surface area (Å²) in [5.74, 6) is 1.62. The Labute approximate surface area is 115 Å². The molecule has 1 N–H and O–H groups in total. The molecule has 1 saturated carbocycles. The monoisotopic (exact) mass is 261 g/mol. The number of hydrogen-bond donors (Lipinski definition) is 1. The molecule has 3 atom stereocenters. The van der Waals surface area contributed by atoms with Gasteiger partial charge in [-0.25, -0.2) is 0 Å². The van der Waals surface area contributed by atoms with Crippen molar-refractivity contribution in [3.05, 3.63) is 29.8 Å². The third kappa shape index (κ3) is 2.15. The number of benzene rings is 1. The normalized spacial score (nSPS) is 31.6. The Bertz CT molecular complexity index is 458. The average molecular weight is 261 g/mol. The van der Waals surface area contributed by atoms with Gasteiger partial charge in [0.15, 0.2) is 0 Å². The Morgan fingerprint density at radius 1 is 1.42 bits per heavy atom. The molecular weight excluding hydrogens is 238 g/mol. The molecule has 1 aromatic carbocycles. The predicted octanol–water partition coefficient (Wildman–Crippen LogP) is 2.60. The van der Waals surface area contributed by atoms with Crippen LogP contribution in [-0.4, -0.2) is 25.9 Å². The quantitative estimate of drug-likeness (QED) is 0.903. The lowest BCUT2D eigenvalue weighted by Gasteiger charge is -2.55. The Hall–Kier alpha value is -1.06. The molecule has 19 heavy (non-hydrogen) atoms. The number of nitrogens with one attached hydrogen (secondary N) is 1. The molecule has 3 nitrogen and oxygen atoms in total. The van der Waals surface area contributed by atoms with Crippen molar-refractivity contribution in [2.45, 2.75) is 39.0 Å². The highest BCUT2D eigenvalue weighted by Crippen LogP contribution is 2.52. The molecule has 1 heterocycles. The smallest absolute Gasteiger partial charge is 0.119 e. The van der Waals surface area contributed by atoms with Crippen LogP contribution in [0.2, 0.25) is 0 Å². The van der Waals surface area contributed by atoms with Gasteiger partial charge in [0.05, 0.1) is 13.2 Å². The highest BCUT2D eigenvalue weighted by molar-refractivity contribution is 5.28. The second-order valence-corrected chi connectivity index (χ2v) is 6.28. The fraction of sp³-hybridized carbons (Fsp3) is 0.625. The Balaban J connectivity index is 1.63.